The van der Waals surface area contributed by atoms with Crippen LogP contribution < -0.4 is 5.73 Å². The van der Waals surface area contributed by atoms with E-state index in [-0.39, 0.29) is 5.92 Å². The Morgan fingerprint density at radius 3 is 2.85 bits per heavy atom. The second-order valence-electron chi connectivity index (χ2n) is 3.98. The fourth-order valence-electron chi connectivity index (χ4n) is 1.71. The van der Waals surface area contributed by atoms with E-state index in [1.54, 1.807) is 0 Å². The Hall–Kier alpha value is -0.570. The number of hydrogen-bond donors (Lipinski definition) is 1. The zero-order valence-electron chi connectivity index (χ0n) is 8.62. The van der Waals surface area contributed by atoms with Crippen LogP contribution in [0.4, 0.5) is 0 Å². The summed E-state index contributed by atoms with van der Waals surface area (Å²) in [5.74, 6) is 1.02. The number of carbonyl (C=O) groups excluding carboxylic acids is 1. The minimum absolute atomic E-state index is 0.177. The van der Waals surface area contributed by atoms with Crippen LogP contribution in [0.5, 0.6) is 0 Å². The quantitative estimate of drug-likeness (QED) is 0.706. The molecule has 1 amide bonds. The van der Waals surface area contributed by atoms with Gasteiger partial charge in [-0.3, -0.25) is 4.79 Å². The molecule has 0 aromatic carbocycles. The van der Waals surface area contributed by atoms with Crippen molar-refractivity contribution >= 4 is 5.91 Å². The first-order valence-electron chi connectivity index (χ1n) is 5.17. The van der Waals surface area contributed by atoms with Gasteiger partial charge >= 0.3 is 0 Å². The van der Waals surface area contributed by atoms with Crippen molar-refractivity contribution < 1.29 is 4.79 Å². The molecule has 1 saturated heterocycles. The van der Waals surface area contributed by atoms with E-state index in [9.17, 15) is 4.79 Å². The van der Waals surface area contributed by atoms with Crippen molar-refractivity contribution in [3.63, 3.8) is 0 Å². The zero-order valence-corrected chi connectivity index (χ0v) is 8.62. The molecule has 1 aliphatic rings. The first kappa shape index (κ1) is 10.5. The Kier molecular flexibility index (Phi) is 3.72. The molecule has 3 heteroatoms. The highest BCUT2D eigenvalue weighted by molar-refractivity contribution is 5.78. The van der Waals surface area contributed by atoms with Gasteiger partial charge in [-0.15, -0.1) is 0 Å². The first-order chi connectivity index (χ1) is 6.19. The van der Waals surface area contributed by atoms with Gasteiger partial charge in [-0.25, -0.2) is 0 Å². The number of amides is 1. The average Bonchev–Trinajstić information content (AvgIpc) is 2.63. The summed E-state index contributed by atoms with van der Waals surface area (Å²) >= 11 is 0. The third-order valence-electron chi connectivity index (χ3n) is 2.96. The third-order valence-corrected chi connectivity index (χ3v) is 2.96. The van der Waals surface area contributed by atoms with E-state index in [1.807, 2.05) is 11.8 Å². The predicted molar refractivity (Wildman–Crippen MR) is 53.2 cm³/mol. The highest BCUT2D eigenvalue weighted by Crippen LogP contribution is 2.18. The largest absolute Gasteiger partial charge is 0.342 e. The predicted octanol–water partition coefficient (Wildman–Crippen LogP) is 0.840. The standard InChI is InChI=1S/C10H20N2O/c1-3-8(2)10(13)12-5-4-9(6-11)7-12/h8-9H,3-7,11H2,1-2H3. The lowest BCUT2D eigenvalue weighted by Crippen LogP contribution is -2.33. The van der Waals surface area contributed by atoms with Gasteiger partial charge in [-0.05, 0) is 25.3 Å². The molecule has 0 spiro atoms. The van der Waals surface area contributed by atoms with Gasteiger partial charge in [-0.1, -0.05) is 13.8 Å². The molecule has 1 heterocycles. The van der Waals surface area contributed by atoms with E-state index in [4.69, 9.17) is 5.73 Å². The summed E-state index contributed by atoms with van der Waals surface area (Å²) < 4.78 is 0. The lowest BCUT2D eigenvalue weighted by Gasteiger charge is -2.19. The first-order valence-corrected chi connectivity index (χ1v) is 5.17. The SMILES string of the molecule is CCC(C)C(=O)N1CCC(CN)C1. The van der Waals surface area contributed by atoms with Crippen LogP contribution in [-0.2, 0) is 4.79 Å². The lowest BCUT2D eigenvalue weighted by molar-refractivity contribution is -0.134. The lowest BCUT2D eigenvalue weighted by atomic mass is 10.1. The zero-order chi connectivity index (χ0) is 9.84. The van der Waals surface area contributed by atoms with Crippen molar-refractivity contribution in [2.45, 2.75) is 26.7 Å². The topological polar surface area (TPSA) is 46.3 Å². The van der Waals surface area contributed by atoms with Crippen LogP contribution in [0.3, 0.4) is 0 Å². The van der Waals surface area contributed by atoms with Gasteiger partial charge in [0, 0.05) is 19.0 Å². The molecule has 1 fully saturated rings. The highest BCUT2D eigenvalue weighted by atomic mass is 16.2. The van der Waals surface area contributed by atoms with E-state index in [1.165, 1.54) is 0 Å². The van der Waals surface area contributed by atoms with E-state index in [2.05, 4.69) is 6.92 Å². The molecular weight excluding hydrogens is 164 g/mol. The van der Waals surface area contributed by atoms with Crippen LogP contribution >= 0.6 is 0 Å². The third kappa shape index (κ3) is 2.44. The Balaban J connectivity index is 2.41. The minimum Gasteiger partial charge on any atom is -0.342 e. The monoisotopic (exact) mass is 184 g/mol. The van der Waals surface area contributed by atoms with Crippen molar-refractivity contribution in [3.8, 4) is 0 Å². The fraction of sp³-hybridized carbons (Fsp3) is 0.900. The second kappa shape index (κ2) is 4.61. The number of nitrogens with zero attached hydrogens (tertiary/aromatic N) is 1. The Morgan fingerprint density at radius 2 is 2.38 bits per heavy atom. The van der Waals surface area contributed by atoms with Gasteiger partial charge in [0.25, 0.3) is 0 Å². The normalized spacial score (nSPS) is 24.8. The van der Waals surface area contributed by atoms with Gasteiger partial charge in [0.1, 0.15) is 0 Å². The highest BCUT2D eigenvalue weighted by Gasteiger charge is 2.27. The summed E-state index contributed by atoms with van der Waals surface area (Å²) in [6.45, 7) is 6.55. The summed E-state index contributed by atoms with van der Waals surface area (Å²) in [4.78, 5) is 13.7. The van der Waals surface area contributed by atoms with E-state index >= 15 is 0 Å². The van der Waals surface area contributed by atoms with Gasteiger partial charge in [-0.2, -0.15) is 0 Å². The van der Waals surface area contributed by atoms with Crippen LogP contribution in [0.25, 0.3) is 0 Å². The van der Waals surface area contributed by atoms with Crippen LogP contribution in [0, 0.1) is 11.8 Å². The summed E-state index contributed by atoms with van der Waals surface area (Å²) in [5.41, 5.74) is 5.57. The molecule has 2 N–H and O–H groups in total. The molecule has 1 rings (SSSR count). The van der Waals surface area contributed by atoms with Crippen molar-refractivity contribution in [2.24, 2.45) is 17.6 Å². The smallest absolute Gasteiger partial charge is 0.225 e. The molecule has 0 radical (unpaired) electrons. The fourth-order valence-corrected chi connectivity index (χ4v) is 1.71. The molecule has 1 aliphatic heterocycles. The second-order valence-corrected chi connectivity index (χ2v) is 3.98. The van der Waals surface area contributed by atoms with E-state index < -0.39 is 0 Å². The van der Waals surface area contributed by atoms with Crippen LogP contribution in [-0.4, -0.2) is 30.4 Å². The maximum absolute atomic E-state index is 11.7. The van der Waals surface area contributed by atoms with Crippen molar-refractivity contribution in [1.82, 2.24) is 4.90 Å². The Morgan fingerprint density at radius 1 is 1.69 bits per heavy atom. The van der Waals surface area contributed by atoms with Crippen LogP contribution in [0.15, 0.2) is 0 Å². The van der Waals surface area contributed by atoms with E-state index in [0.717, 1.165) is 25.9 Å². The van der Waals surface area contributed by atoms with Gasteiger partial charge < -0.3 is 10.6 Å². The summed E-state index contributed by atoms with van der Waals surface area (Å²) in [6, 6.07) is 0. The number of carbonyl (C=O) groups is 1. The molecule has 0 aliphatic carbocycles. The van der Waals surface area contributed by atoms with Gasteiger partial charge in [0.05, 0.1) is 0 Å². The molecule has 0 aromatic heterocycles. The molecule has 3 nitrogen and oxygen atoms in total. The number of hydrogen-bond acceptors (Lipinski definition) is 2. The van der Waals surface area contributed by atoms with Gasteiger partial charge in [0.2, 0.25) is 5.91 Å². The molecular formula is C10H20N2O. The van der Waals surface area contributed by atoms with Crippen molar-refractivity contribution in [3.05, 3.63) is 0 Å². The molecule has 13 heavy (non-hydrogen) atoms. The molecule has 0 aromatic rings. The maximum atomic E-state index is 11.7. The molecule has 0 bridgehead atoms. The van der Waals surface area contributed by atoms with Crippen molar-refractivity contribution in [1.29, 1.82) is 0 Å². The summed E-state index contributed by atoms with van der Waals surface area (Å²) in [5, 5.41) is 0. The molecule has 76 valence electrons. The summed E-state index contributed by atoms with van der Waals surface area (Å²) in [7, 11) is 0. The maximum Gasteiger partial charge on any atom is 0.225 e. The van der Waals surface area contributed by atoms with Crippen LogP contribution in [0.2, 0.25) is 0 Å². The minimum atomic E-state index is 0.177. The average molecular weight is 184 g/mol. The molecule has 2 atom stereocenters. The van der Waals surface area contributed by atoms with Crippen LogP contribution in [0.1, 0.15) is 26.7 Å². The molecule has 2 unspecified atom stereocenters. The summed E-state index contributed by atoms with van der Waals surface area (Å²) in [6.07, 6.45) is 2.02. The number of likely N-dealkylation sites (tertiary alicyclic amines) is 1. The Bertz CT molecular complexity index is 182. The van der Waals surface area contributed by atoms with Gasteiger partial charge in [0.15, 0.2) is 0 Å². The van der Waals surface area contributed by atoms with Crippen molar-refractivity contribution in [2.75, 3.05) is 19.6 Å². The number of nitrogens with two attached hydrogens (primary N) is 1. The number of rotatable bonds is 3. The molecule has 0 saturated carbocycles. The Labute approximate surface area is 80.3 Å². The van der Waals surface area contributed by atoms with E-state index in [0.29, 0.717) is 18.4 Å².